The van der Waals surface area contributed by atoms with E-state index in [1.54, 1.807) is 6.07 Å². The van der Waals surface area contributed by atoms with Crippen LogP contribution < -0.4 is 16.0 Å². The highest BCUT2D eigenvalue weighted by atomic mass is 32.2. The SMILES string of the molecule is CSC1CCC(NC(=O)c2ccc(N(C)C)c(N)c2)C1. The first-order valence-corrected chi connectivity index (χ1v) is 8.20. The van der Waals surface area contributed by atoms with Gasteiger partial charge in [0.2, 0.25) is 0 Å². The molecule has 4 nitrogen and oxygen atoms in total. The van der Waals surface area contributed by atoms with Crippen molar-refractivity contribution in [2.75, 3.05) is 31.0 Å². The van der Waals surface area contributed by atoms with E-state index < -0.39 is 0 Å². The molecule has 20 heavy (non-hydrogen) atoms. The number of nitrogens with zero attached hydrogens (tertiary/aromatic N) is 1. The van der Waals surface area contributed by atoms with Crippen molar-refractivity contribution in [3.05, 3.63) is 23.8 Å². The van der Waals surface area contributed by atoms with Crippen molar-refractivity contribution in [1.29, 1.82) is 0 Å². The Hall–Kier alpha value is -1.36. The summed E-state index contributed by atoms with van der Waals surface area (Å²) in [5.41, 5.74) is 8.20. The van der Waals surface area contributed by atoms with Gasteiger partial charge in [0.25, 0.3) is 5.91 Å². The number of carbonyl (C=O) groups excluding carboxylic acids is 1. The average Bonchev–Trinajstić information content (AvgIpc) is 2.85. The van der Waals surface area contributed by atoms with Gasteiger partial charge in [-0.1, -0.05) is 0 Å². The highest BCUT2D eigenvalue weighted by molar-refractivity contribution is 7.99. The zero-order valence-electron chi connectivity index (χ0n) is 12.3. The Morgan fingerprint density at radius 3 is 2.70 bits per heavy atom. The number of nitrogen functional groups attached to an aromatic ring is 1. The molecule has 3 N–H and O–H groups in total. The smallest absolute Gasteiger partial charge is 0.251 e. The molecule has 0 saturated heterocycles. The zero-order valence-corrected chi connectivity index (χ0v) is 13.2. The fourth-order valence-electron chi connectivity index (χ4n) is 2.66. The maximum absolute atomic E-state index is 12.2. The van der Waals surface area contributed by atoms with Gasteiger partial charge in [0.1, 0.15) is 0 Å². The van der Waals surface area contributed by atoms with E-state index in [9.17, 15) is 4.79 Å². The molecular weight excluding hydrogens is 270 g/mol. The summed E-state index contributed by atoms with van der Waals surface area (Å²) < 4.78 is 0. The van der Waals surface area contributed by atoms with Gasteiger partial charge in [0, 0.05) is 31.0 Å². The van der Waals surface area contributed by atoms with Gasteiger partial charge in [-0.2, -0.15) is 11.8 Å². The van der Waals surface area contributed by atoms with Gasteiger partial charge in [-0.15, -0.1) is 0 Å². The van der Waals surface area contributed by atoms with Crippen LogP contribution in [0.4, 0.5) is 11.4 Å². The summed E-state index contributed by atoms with van der Waals surface area (Å²) in [6.45, 7) is 0. The molecule has 2 unspecified atom stereocenters. The average molecular weight is 293 g/mol. The van der Waals surface area contributed by atoms with Gasteiger partial charge in [-0.25, -0.2) is 0 Å². The molecule has 2 atom stereocenters. The minimum absolute atomic E-state index is 0.0197. The first-order valence-electron chi connectivity index (χ1n) is 6.91. The van der Waals surface area contributed by atoms with E-state index in [2.05, 4.69) is 11.6 Å². The standard InChI is InChI=1S/C15H23N3OS/c1-18(2)14-7-4-10(8-13(14)16)15(19)17-11-5-6-12(9-11)20-3/h4,7-8,11-12H,5-6,9,16H2,1-3H3,(H,17,19). The molecule has 0 bridgehead atoms. The van der Waals surface area contributed by atoms with Crippen LogP contribution in [0.2, 0.25) is 0 Å². The molecule has 0 radical (unpaired) electrons. The Labute approximate surface area is 125 Å². The number of nitrogens with two attached hydrogens (primary N) is 1. The summed E-state index contributed by atoms with van der Waals surface area (Å²) in [5, 5.41) is 3.80. The molecule has 0 aliphatic heterocycles. The number of nitrogens with one attached hydrogen (secondary N) is 1. The Morgan fingerprint density at radius 1 is 1.40 bits per heavy atom. The van der Waals surface area contributed by atoms with Crippen molar-refractivity contribution in [3.63, 3.8) is 0 Å². The van der Waals surface area contributed by atoms with E-state index in [0.29, 0.717) is 22.5 Å². The van der Waals surface area contributed by atoms with Crippen molar-refractivity contribution >= 4 is 29.0 Å². The summed E-state index contributed by atoms with van der Waals surface area (Å²) in [6, 6.07) is 5.78. The number of hydrogen-bond donors (Lipinski definition) is 2. The molecule has 5 heteroatoms. The van der Waals surface area contributed by atoms with Crippen LogP contribution >= 0.6 is 11.8 Å². The predicted molar refractivity (Wildman–Crippen MR) is 87.6 cm³/mol. The van der Waals surface area contributed by atoms with E-state index >= 15 is 0 Å². The van der Waals surface area contributed by atoms with Crippen LogP contribution in [0.3, 0.4) is 0 Å². The zero-order chi connectivity index (χ0) is 14.7. The van der Waals surface area contributed by atoms with E-state index in [0.717, 1.165) is 18.5 Å². The van der Waals surface area contributed by atoms with Crippen LogP contribution in [0.15, 0.2) is 18.2 Å². The van der Waals surface area contributed by atoms with Gasteiger partial charge < -0.3 is 16.0 Å². The molecule has 1 aliphatic carbocycles. The summed E-state index contributed by atoms with van der Waals surface area (Å²) in [5.74, 6) is -0.0197. The summed E-state index contributed by atoms with van der Waals surface area (Å²) in [4.78, 5) is 14.2. The maximum atomic E-state index is 12.2. The van der Waals surface area contributed by atoms with E-state index in [-0.39, 0.29) is 5.91 Å². The fraction of sp³-hybridized carbons (Fsp3) is 0.533. The van der Waals surface area contributed by atoms with Crippen molar-refractivity contribution in [2.24, 2.45) is 0 Å². The molecule has 110 valence electrons. The van der Waals surface area contributed by atoms with E-state index in [1.165, 1.54) is 6.42 Å². The topological polar surface area (TPSA) is 58.4 Å². The largest absolute Gasteiger partial charge is 0.397 e. The van der Waals surface area contributed by atoms with Gasteiger partial charge in [-0.05, 0) is 43.7 Å². The lowest BCUT2D eigenvalue weighted by molar-refractivity contribution is 0.0938. The lowest BCUT2D eigenvalue weighted by Gasteiger charge is -2.17. The van der Waals surface area contributed by atoms with Crippen molar-refractivity contribution in [2.45, 2.75) is 30.6 Å². The molecule has 1 saturated carbocycles. The van der Waals surface area contributed by atoms with Crippen LogP contribution in [-0.4, -0.2) is 37.6 Å². The van der Waals surface area contributed by atoms with Gasteiger partial charge in [0.05, 0.1) is 11.4 Å². The van der Waals surface area contributed by atoms with Crippen molar-refractivity contribution < 1.29 is 4.79 Å². The Kier molecular flexibility index (Phi) is 4.81. The normalized spacial score (nSPS) is 21.8. The van der Waals surface area contributed by atoms with Crippen molar-refractivity contribution in [1.82, 2.24) is 5.32 Å². The second-order valence-corrected chi connectivity index (χ2v) is 6.65. The second-order valence-electron chi connectivity index (χ2n) is 5.51. The van der Waals surface area contributed by atoms with Gasteiger partial charge >= 0.3 is 0 Å². The number of hydrogen-bond acceptors (Lipinski definition) is 4. The van der Waals surface area contributed by atoms with Crippen LogP contribution in [0.1, 0.15) is 29.6 Å². The molecule has 1 aromatic rings. The summed E-state index contributed by atoms with van der Waals surface area (Å²) in [7, 11) is 3.87. The molecule has 0 heterocycles. The Bertz CT molecular complexity index is 490. The third-order valence-corrected chi connectivity index (χ3v) is 4.92. The molecule has 1 aliphatic rings. The number of benzene rings is 1. The van der Waals surface area contributed by atoms with Crippen molar-refractivity contribution in [3.8, 4) is 0 Å². The third kappa shape index (κ3) is 3.39. The molecular formula is C15H23N3OS. The van der Waals surface area contributed by atoms with Crippen LogP contribution in [0.5, 0.6) is 0 Å². The third-order valence-electron chi connectivity index (χ3n) is 3.82. The number of amides is 1. The monoisotopic (exact) mass is 293 g/mol. The molecule has 0 aromatic heterocycles. The number of rotatable bonds is 4. The Morgan fingerprint density at radius 2 is 2.15 bits per heavy atom. The molecule has 1 amide bonds. The molecule has 1 aromatic carbocycles. The van der Waals surface area contributed by atoms with E-state index in [1.807, 2.05) is 42.9 Å². The Balaban J connectivity index is 2.01. The number of thioether (sulfide) groups is 1. The highest BCUT2D eigenvalue weighted by Crippen LogP contribution is 2.28. The van der Waals surface area contributed by atoms with Gasteiger partial charge in [0.15, 0.2) is 0 Å². The minimum atomic E-state index is -0.0197. The number of anilines is 2. The number of carbonyl (C=O) groups is 1. The maximum Gasteiger partial charge on any atom is 0.251 e. The first kappa shape index (κ1) is 15.0. The fourth-order valence-corrected chi connectivity index (χ4v) is 3.45. The quantitative estimate of drug-likeness (QED) is 0.837. The summed E-state index contributed by atoms with van der Waals surface area (Å²) >= 11 is 1.89. The second kappa shape index (κ2) is 6.39. The van der Waals surface area contributed by atoms with E-state index in [4.69, 9.17) is 5.73 Å². The molecule has 1 fully saturated rings. The van der Waals surface area contributed by atoms with Crippen LogP contribution in [0, 0.1) is 0 Å². The highest BCUT2D eigenvalue weighted by Gasteiger charge is 2.25. The van der Waals surface area contributed by atoms with Crippen LogP contribution in [0.25, 0.3) is 0 Å². The van der Waals surface area contributed by atoms with Gasteiger partial charge in [-0.3, -0.25) is 4.79 Å². The first-order chi connectivity index (χ1) is 9.51. The lowest BCUT2D eigenvalue weighted by Crippen LogP contribution is -2.33. The molecule has 0 spiro atoms. The minimum Gasteiger partial charge on any atom is -0.397 e. The van der Waals surface area contributed by atoms with Crippen LogP contribution in [-0.2, 0) is 0 Å². The lowest BCUT2D eigenvalue weighted by atomic mass is 10.1. The summed E-state index contributed by atoms with van der Waals surface area (Å²) in [6.07, 6.45) is 5.46. The predicted octanol–water partition coefficient (Wildman–Crippen LogP) is 2.35. The molecule has 2 rings (SSSR count).